The topological polar surface area (TPSA) is 94.8 Å². The lowest BCUT2D eigenvalue weighted by molar-refractivity contribution is 0.291. The summed E-state index contributed by atoms with van der Waals surface area (Å²) in [5.74, 6) is 2.22. The lowest BCUT2D eigenvalue weighted by Gasteiger charge is -2.29. The summed E-state index contributed by atoms with van der Waals surface area (Å²) < 4.78 is 43.7. The Morgan fingerprint density at radius 3 is 2.33 bits per heavy atom. The zero-order chi connectivity index (χ0) is 21.1. The van der Waals surface area contributed by atoms with E-state index in [2.05, 4.69) is 10.2 Å². The molecule has 0 atom stereocenters. The Balaban J connectivity index is 1.45. The van der Waals surface area contributed by atoms with Crippen LogP contribution in [0.2, 0.25) is 0 Å². The molecule has 30 heavy (non-hydrogen) atoms. The SMILES string of the molecule is COc1ccc(S(=O)(=O)N2CCC(c3nnc(-c4ccccc4OC)o3)CC2)cc1. The van der Waals surface area contributed by atoms with E-state index in [1.54, 1.807) is 38.5 Å². The van der Waals surface area contributed by atoms with Gasteiger partial charge in [-0.15, -0.1) is 10.2 Å². The van der Waals surface area contributed by atoms with Crippen LogP contribution < -0.4 is 9.47 Å². The highest BCUT2D eigenvalue weighted by molar-refractivity contribution is 7.89. The minimum absolute atomic E-state index is 0.0169. The molecule has 1 saturated heterocycles. The molecule has 9 heteroatoms. The van der Waals surface area contributed by atoms with Crippen molar-refractivity contribution in [2.24, 2.45) is 0 Å². The number of benzene rings is 2. The summed E-state index contributed by atoms with van der Waals surface area (Å²) in [6.07, 6.45) is 1.23. The zero-order valence-electron chi connectivity index (χ0n) is 16.8. The van der Waals surface area contributed by atoms with Gasteiger partial charge < -0.3 is 13.9 Å². The Bertz CT molecular complexity index is 1100. The van der Waals surface area contributed by atoms with Crippen LogP contribution in [0.5, 0.6) is 11.5 Å². The van der Waals surface area contributed by atoms with Crippen molar-refractivity contribution in [2.45, 2.75) is 23.7 Å². The van der Waals surface area contributed by atoms with Crippen LogP contribution in [-0.2, 0) is 10.0 Å². The first-order valence-corrected chi connectivity index (χ1v) is 11.1. The molecule has 2 aromatic carbocycles. The average molecular weight is 429 g/mol. The molecule has 1 aliphatic heterocycles. The van der Waals surface area contributed by atoms with Gasteiger partial charge in [-0.2, -0.15) is 4.31 Å². The number of para-hydroxylation sites is 1. The van der Waals surface area contributed by atoms with Crippen molar-refractivity contribution in [3.05, 3.63) is 54.4 Å². The number of ether oxygens (including phenoxy) is 2. The first-order chi connectivity index (χ1) is 14.5. The number of piperidine rings is 1. The molecular weight excluding hydrogens is 406 g/mol. The number of aromatic nitrogens is 2. The fourth-order valence-corrected chi connectivity index (χ4v) is 5.04. The van der Waals surface area contributed by atoms with Crippen LogP contribution in [-0.4, -0.2) is 50.2 Å². The van der Waals surface area contributed by atoms with Crippen molar-refractivity contribution in [3.8, 4) is 23.0 Å². The van der Waals surface area contributed by atoms with Gasteiger partial charge in [0.1, 0.15) is 11.5 Å². The molecule has 0 saturated carbocycles. The predicted molar refractivity (Wildman–Crippen MR) is 110 cm³/mol. The molecule has 0 aliphatic carbocycles. The van der Waals surface area contributed by atoms with Crippen LogP contribution in [0.4, 0.5) is 0 Å². The fraction of sp³-hybridized carbons (Fsp3) is 0.333. The maximum absolute atomic E-state index is 12.9. The highest BCUT2D eigenvalue weighted by Gasteiger charge is 2.32. The van der Waals surface area contributed by atoms with Gasteiger partial charge in [0, 0.05) is 19.0 Å². The minimum atomic E-state index is -3.54. The molecule has 1 aliphatic rings. The van der Waals surface area contributed by atoms with Crippen LogP contribution in [0.15, 0.2) is 57.8 Å². The molecule has 0 bridgehead atoms. The number of hydrogen-bond acceptors (Lipinski definition) is 7. The van der Waals surface area contributed by atoms with Gasteiger partial charge in [-0.3, -0.25) is 0 Å². The molecule has 0 unspecified atom stereocenters. The van der Waals surface area contributed by atoms with E-state index in [4.69, 9.17) is 13.9 Å². The second kappa shape index (κ2) is 8.45. The largest absolute Gasteiger partial charge is 0.497 e. The lowest BCUT2D eigenvalue weighted by atomic mass is 9.98. The lowest BCUT2D eigenvalue weighted by Crippen LogP contribution is -2.37. The third-order valence-corrected chi connectivity index (χ3v) is 7.19. The molecule has 0 radical (unpaired) electrons. The van der Waals surface area contributed by atoms with Crippen molar-refractivity contribution in [2.75, 3.05) is 27.3 Å². The van der Waals surface area contributed by atoms with Crippen LogP contribution in [0.3, 0.4) is 0 Å². The Hall–Kier alpha value is -2.91. The van der Waals surface area contributed by atoms with Gasteiger partial charge in [0.05, 0.1) is 24.7 Å². The summed E-state index contributed by atoms with van der Waals surface area (Å²) in [6, 6.07) is 13.9. The second-order valence-corrected chi connectivity index (χ2v) is 8.94. The summed E-state index contributed by atoms with van der Waals surface area (Å²) in [7, 11) is -0.406. The van der Waals surface area contributed by atoms with Crippen molar-refractivity contribution in [1.82, 2.24) is 14.5 Å². The van der Waals surface area contributed by atoms with E-state index in [1.807, 2.05) is 24.3 Å². The van der Waals surface area contributed by atoms with E-state index in [9.17, 15) is 8.42 Å². The van der Waals surface area contributed by atoms with Crippen molar-refractivity contribution < 1.29 is 22.3 Å². The molecule has 2 heterocycles. The maximum Gasteiger partial charge on any atom is 0.251 e. The number of rotatable bonds is 6. The van der Waals surface area contributed by atoms with Gasteiger partial charge in [0.2, 0.25) is 15.9 Å². The molecule has 3 aromatic rings. The number of methoxy groups -OCH3 is 2. The highest BCUT2D eigenvalue weighted by Crippen LogP contribution is 2.34. The minimum Gasteiger partial charge on any atom is -0.497 e. The predicted octanol–water partition coefficient (Wildman–Crippen LogP) is 3.32. The summed E-state index contributed by atoms with van der Waals surface area (Å²) in [5.41, 5.74) is 0.735. The molecule has 158 valence electrons. The summed E-state index contributed by atoms with van der Waals surface area (Å²) >= 11 is 0. The van der Waals surface area contributed by atoms with E-state index >= 15 is 0 Å². The summed E-state index contributed by atoms with van der Waals surface area (Å²) in [5, 5.41) is 8.36. The number of nitrogens with zero attached hydrogens (tertiary/aromatic N) is 3. The standard InChI is InChI=1S/C21H23N3O5S/c1-27-16-7-9-17(10-8-16)30(25,26)24-13-11-15(12-14-24)20-22-23-21(29-20)18-5-3-4-6-19(18)28-2/h3-10,15H,11-14H2,1-2H3. The first kappa shape index (κ1) is 20.4. The molecular formula is C21H23N3O5S. The van der Waals surface area contributed by atoms with E-state index in [1.165, 1.54) is 4.31 Å². The van der Waals surface area contributed by atoms with Crippen LogP contribution in [0.1, 0.15) is 24.7 Å². The monoisotopic (exact) mass is 429 g/mol. The van der Waals surface area contributed by atoms with Crippen LogP contribution in [0.25, 0.3) is 11.5 Å². The van der Waals surface area contributed by atoms with Gasteiger partial charge in [-0.05, 0) is 49.2 Å². The van der Waals surface area contributed by atoms with E-state index in [-0.39, 0.29) is 10.8 Å². The fourth-order valence-electron chi connectivity index (χ4n) is 3.57. The van der Waals surface area contributed by atoms with E-state index in [0.29, 0.717) is 49.2 Å². The Kier molecular flexibility index (Phi) is 5.74. The molecule has 0 spiro atoms. The van der Waals surface area contributed by atoms with Gasteiger partial charge >= 0.3 is 0 Å². The van der Waals surface area contributed by atoms with Gasteiger partial charge in [-0.1, -0.05) is 12.1 Å². The summed E-state index contributed by atoms with van der Waals surface area (Å²) in [6.45, 7) is 0.788. The highest BCUT2D eigenvalue weighted by atomic mass is 32.2. The Morgan fingerprint density at radius 1 is 0.967 bits per heavy atom. The van der Waals surface area contributed by atoms with Crippen LogP contribution in [0, 0.1) is 0 Å². The van der Waals surface area contributed by atoms with Gasteiger partial charge in [0.15, 0.2) is 0 Å². The molecule has 0 amide bonds. The molecule has 1 aromatic heterocycles. The van der Waals surface area contributed by atoms with E-state index in [0.717, 1.165) is 5.56 Å². The Labute approximate surface area is 175 Å². The van der Waals surface area contributed by atoms with Crippen LogP contribution >= 0.6 is 0 Å². The normalized spacial score (nSPS) is 15.8. The maximum atomic E-state index is 12.9. The zero-order valence-corrected chi connectivity index (χ0v) is 17.6. The molecule has 0 N–H and O–H groups in total. The van der Waals surface area contributed by atoms with Gasteiger partial charge in [-0.25, -0.2) is 8.42 Å². The molecule has 4 rings (SSSR count). The van der Waals surface area contributed by atoms with Crippen molar-refractivity contribution in [1.29, 1.82) is 0 Å². The second-order valence-electron chi connectivity index (χ2n) is 7.00. The average Bonchev–Trinajstić information content (AvgIpc) is 3.29. The number of hydrogen-bond donors (Lipinski definition) is 0. The van der Waals surface area contributed by atoms with Crippen molar-refractivity contribution in [3.63, 3.8) is 0 Å². The molecule has 1 fully saturated rings. The quantitative estimate of drug-likeness (QED) is 0.593. The Morgan fingerprint density at radius 2 is 1.67 bits per heavy atom. The van der Waals surface area contributed by atoms with Gasteiger partial charge in [0.25, 0.3) is 5.89 Å². The first-order valence-electron chi connectivity index (χ1n) is 9.64. The smallest absolute Gasteiger partial charge is 0.251 e. The third kappa shape index (κ3) is 3.90. The number of sulfonamides is 1. The molecule has 8 nitrogen and oxygen atoms in total. The third-order valence-electron chi connectivity index (χ3n) is 5.28. The summed E-state index contributed by atoms with van der Waals surface area (Å²) in [4.78, 5) is 0.262. The van der Waals surface area contributed by atoms with Crippen molar-refractivity contribution >= 4 is 10.0 Å². The van der Waals surface area contributed by atoms with E-state index < -0.39 is 10.0 Å².